The topological polar surface area (TPSA) is 79.2 Å². The Balaban J connectivity index is 4.28. The first kappa shape index (κ1) is 17.9. The molecular weight excluding hydrogens is 235 g/mol. The summed E-state index contributed by atoms with van der Waals surface area (Å²) in [5.41, 5.74) is -1.37. The zero-order valence-corrected chi connectivity index (χ0v) is 12.3. The molecule has 0 aromatic heterocycles. The summed E-state index contributed by atoms with van der Waals surface area (Å²) in [6.45, 7) is 10.4. The third-order valence-electron chi connectivity index (χ3n) is 2.41. The fraction of sp³-hybridized carbons (Fsp3) is 1.00. The second-order valence-corrected chi connectivity index (χ2v) is 6.17. The lowest BCUT2D eigenvalue weighted by molar-refractivity contribution is -0.0452. The summed E-state index contributed by atoms with van der Waals surface area (Å²) >= 11 is 0. The first-order chi connectivity index (χ1) is 7.93. The lowest BCUT2D eigenvalue weighted by atomic mass is 9.96. The first-order valence-corrected chi connectivity index (χ1v) is 6.33. The molecule has 2 atom stereocenters. The van der Waals surface area contributed by atoms with Gasteiger partial charge in [0.2, 0.25) is 0 Å². The van der Waals surface area contributed by atoms with E-state index in [9.17, 15) is 15.2 Å². The third-order valence-corrected chi connectivity index (χ3v) is 2.41. The standard InChI is InChI=1S/C12H27BO5/c1-9(14)7-11(3,4)17-13(16)18-12(5,6)8-10(2)15/h9-10,14-16H,7-8H2,1-6H3. The van der Waals surface area contributed by atoms with Crippen LogP contribution < -0.4 is 0 Å². The van der Waals surface area contributed by atoms with E-state index in [1.165, 1.54) is 0 Å². The van der Waals surface area contributed by atoms with Gasteiger partial charge in [-0.3, -0.25) is 0 Å². The van der Waals surface area contributed by atoms with Gasteiger partial charge in [-0.25, -0.2) is 0 Å². The van der Waals surface area contributed by atoms with Crippen LogP contribution in [0.5, 0.6) is 0 Å². The van der Waals surface area contributed by atoms with Crippen LogP contribution in [0.15, 0.2) is 0 Å². The molecule has 0 rings (SSSR count). The third kappa shape index (κ3) is 8.88. The van der Waals surface area contributed by atoms with E-state index in [1.54, 1.807) is 41.5 Å². The van der Waals surface area contributed by atoms with Crippen LogP contribution in [0, 0.1) is 0 Å². The van der Waals surface area contributed by atoms with Gasteiger partial charge in [-0.15, -0.1) is 0 Å². The van der Waals surface area contributed by atoms with Crippen LogP contribution in [0.4, 0.5) is 0 Å². The fourth-order valence-electron chi connectivity index (χ4n) is 2.09. The maximum absolute atomic E-state index is 9.74. The number of aliphatic hydroxyl groups is 2. The Morgan fingerprint density at radius 1 is 0.889 bits per heavy atom. The van der Waals surface area contributed by atoms with Gasteiger partial charge < -0.3 is 24.5 Å². The molecule has 0 aliphatic carbocycles. The van der Waals surface area contributed by atoms with Crippen molar-refractivity contribution in [1.82, 2.24) is 0 Å². The summed E-state index contributed by atoms with van der Waals surface area (Å²) in [5.74, 6) is 0. The molecule has 0 saturated heterocycles. The number of aliphatic hydroxyl groups excluding tert-OH is 2. The second kappa shape index (κ2) is 6.87. The largest absolute Gasteiger partial charge is 0.637 e. The lowest BCUT2D eigenvalue weighted by Crippen LogP contribution is -2.43. The minimum Gasteiger partial charge on any atom is -0.402 e. The predicted octanol–water partition coefficient (Wildman–Crippen LogP) is 1.10. The summed E-state index contributed by atoms with van der Waals surface area (Å²) in [5, 5.41) is 28.4. The van der Waals surface area contributed by atoms with Crippen LogP contribution in [-0.4, -0.2) is 46.0 Å². The molecule has 0 fully saturated rings. The molecule has 108 valence electrons. The van der Waals surface area contributed by atoms with E-state index in [0.29, 0.717) is 12.8 Å². The fourth-order valence-corrected chi connectivity index (χ4v) is 2.09. The van der Waals surface area contributed by atoms with Gasteiger partial charge in [-0.1, -0.05) is 0 Å². The van der Waals surface area contributed by atoms with Crippen molar-refractivity contribution in [2.75, 3.05) is 0 Å². The smallest absolute Gasteiger partial charge is 0.402 e. The molecule has 18 heavy (non-hydrogen) atoms. The van der Waals surface area contributed by atoms with E-state index < -0.39 is 30.7 Å². The van der Waals surface area contributed by atoms with Crippen molar-refractivity contribution in [2.45, 2.75) is 77.8 Å². The highest BCUT2D eigenvalue weighted by Crippen LogP contribution is 2.22. The zero-order valence-electron chi connectivity index (χ0n) is 12.3. The molecule has 5 nitrogen and oxygen atoms in total. The Kier molecular flexibility index (Phi) is 6.81. The summed E-state index contributed by atoms with van der Waals surface area (Å²) < 4.78 is 10.7. The minimum absolute atomic E-state index is 0.393. The van der Waals surface area contributed by atoms with Crippen LogP contribution in [0.3, 0.4) is 0 Å². The maximum atomic E-state index is 9.74. The van der Waals surface area contributed by atoms with E-state index in [0.717, 1.165) is 0 Å². The number of hydrogen-bond acceptors (Lipinski definition) is 5. The predicted molar refractivity (Wildman–Crippen MR) is 70.9 cm³/mol. The summed E-state index contributed by atoms with van der Waals surface area (Å²) in [7, 11) is -1.38. The molecule has 0 aliphatic rings. The van der Waals surface area contributed by atoms with Gasteiger partial charge in [0, 0.05) is 12.8 Å². The maximum Gasteiger partial charge on any atom is 0.637 e. The van der Waals surface area contributed by atoms with E-state index in [1.807, 2.05) is 0 Å². The molecule has 0 spiro atoms. The van der Waals surface area contributed by atoms with Crippen molar-refractivity contribution < 1.29 is 24.5 Å². The molecule has 0 aromatic rings. The summed E-state index contributed by atoms with van der Waals surface area (Å²) in [6, 6.07) is 0. The zero-order chi connectivity index (χ0) is 14.6. The average Bonchev–Trinajstić information content (AvgIpc) is 1.92. The van der Waals surface area contributed by atoms with Crippen LogP contribution in [-0.2, 0) is 9.31 Å². The Bertz CT molecular complexity index is 217. The molecule has 0 bridgehead atoms. The summed E-state index contributed by atoms with van der Waals surface area (Å²) in [6.07, 6.45) is -0.246. The molecule has 0 amide bonds. The molecule has 3 N–H and O–H groups in total. The average molecular weight is 262 g/mol. The van der Waals surface area contributed by atoms with Gasteiger partial charge in [-0.05, 0) is 41.5 Å². The van der Waals surface area contributed by atoms with E-state index in [2.05, 4.69) is 0 Å². The molecule has 6 heteroatoms. The molecule has 0 radical (unpaired) electrons. The molecule has 0 aliphatic heterocycles. The van der Waals surface area contributed by atoms with Crippen LogP contribution in [0.1, 0.15) is 54.4 Å². The molecule has 0 aromatic carbocycles. The highest BCUT2D eigenvalue weighted by Gasteiger charge is 2.34. The Labute approximate surface area is 110 Å². The van der Waals surface area contributed by atoms with Crippen molar-refractivity contribution in [3.05, 3.63) is 0 Å². The van der Waals surface area contributed by atoms with Gasteiger partial charge >= 0.3 is 7.32 Å². The van der Waals surface area contributed by atoms with Crippen molar-refractivity contribution in [3.63, 3.8) is 0 Å². The van der Waals surface area contributed by atoms with Gasteiger partial charge in [0.1, 0.15) is 0 Å². The molecule has 0 heterocycles. The SMILES string of the molecule is CC(O)CC(C)(C)OB(O)OC(C)(C)CC(C)O. The van der Waals surface area contributed by atoms with Crippen molar-refractivity contribution in [3.8, 4) is 0 Å². The number of hydrogen-bond donors (Lipinski definition) is 3. The first-order valence-electron chi connectivity index (χ1n) is 6.33. The minimum atomic E-state index is -1.38. The van der Waals surface area contributed by atoms with Crippen molar-refractivity contribution in [2.24, 2.45) is 0 Å². The van der Waals surface area contributed by atoms with Gasteiger partial charge in [0.05, 0.1) is 23.4 Å². The number of rotatable bonds is 8. The van der Waals surface area contributed by atoms with E-state index >= 15 is 0 Å². The van der Waals surface area contributed by atoms with E-state index in [-0.39, 0.29) is 0 Å². The Hall–Kier alpha value is -0.135. The van der Waals surface area contributed by atoms with Gasteiger partial charge in [0.25, 0.3) is 0 Å². The second-order valence-electron chi connectivity index (χ2n) is 6.17. The van der Waals surface area contributed by atoms with Crippen LogP contribution in [0.2, 0.25) is 0 Å². The highest BCUT2D eigenvalue weighted by atomic mass is 16.7. The van der Waals surface area contributed by atoms with Crippen LogP contribution >= 0.6 is 0 Å². The van der Waals surface area contributed by atoms with Crippen molar-refractivity contribution in [1.29, 1.82) is 0 Å². The van der Waals surface area contributed by atoms with Crippen molar-refractivity contribution >= 4 is 7.32 Å². The Morgan fingerprint density at radius 2 is 1.17 bits per heavy atom. The molecule has 0 saturated carbocycles. The van der Waals surface area contributed by atoms with E-state index in [4.69, 9.17) is 9.31 Å². The van der Waals surface area contributed by atoms with Gasteiger partial charge in [0.15, 0.2) is 0 Å². The Morgan fingerprint density at radius 3 is 1.39 bits per heavy atom. The quantitative estimate of drug-likeness (QED) is 0.571. The molecule has 2 unspecified atom stereocenters. The van der Waals surface area contributed by atoms with Crippen LogP contribution in [0.25, 0.3) is 0 Å². The lowest BCUT2D eigenvalue weighted by Gasteiger charge is -2.32. The molecular formula is C12H27BO5. The monoisotopic (exact) mass is 262 g/mol. The summed E-state index contributed by atoms with van der Waals surface area (Å²) in [4.78, 5) is 0. The highest BCUT2D eigenvalue weighted by molar-refractivity contribution is 6.34. The van der Waals surface area contributed by atoms with Gasteiger partial charge in [-0.2, -0.15) is 0 Å². The normalized spacial score (nSPS) is 16.5.